The van der Waals surface area contributed by atoms with Gasteiger partial charge in [0.1, 0.15) is 29.6 Å². The number of carboxylic acids is 1. The minimum Gasteiger partial charge on any atom is -0.489 e. The molecule has 6 N–H and O–H groups in total. The summed E-state index contributed by atoms with van der Waals surface area (Å²) in [5, 5.41) is 12.2. The number of carbonyl (C=O) groups is 3. The molecule has 0 aliphatic rings. The van der Waals surface area contributed by atoms with Crippen molar-refractivity contribution in [1.82, 2.24) is 34.1 Å². The summed E-state index contributed by atoms with van der Waals surface area (Å²) in [5.41, 5.74) is -1.87. The molecule has 0 spiro atoms. The van der Waals surface area contributed by atoms with Gasteiger partial charge in [-0.2, -0.15) is 41.3 Å². The van der Waals surface area contributed by atoms with E-state index in [0.717, 1.165) is 25.1 Å². The lowest BCUT2D eigenvalue weighted by Crippen LogP contribution is -2.40. The van der Waals surface area contributed by atoms with E-state index in [4.69, 9.17) is 33.8 Å². The van der Waals surface area contributed by atoms with Crippen molar-refractivity contribution < 1.29 is 87.5 Å². The molecule has 0 bridgehead atoms. The van der Waals surface area contributed by atoms with Crippen LogP contribution in [-0.2, 0) is 61.6 Å². The highest BCUT2D eigenvalue weighted by Crippen LogP contribution is 2.32. The summed E-state index contributed by atoms with van der Waals surface area (Å²) in [6.07, 6.45) is -11.7. The van der Waals surface area contributed by atoms with Crippen LogP contribution in [0.15, 0.2) is 87.3 Å². The molecule has 5 aromatic rings. The Labute approximate surface area is 416 Å². The van der Waals surface area contributed by atoms with Crippen molar-refractivity contribution in [2.24, 2.45) is 7.05 Å². The first-order valence-electron chi connectivity index (χ1n) is 21.1. The molecule has 0 aliphatic heterocycles. The van der Waals surface area contributed by atoms with Crippen molar-refractivity contribution in [1.29, 1.82) is 0 Å². The van der Waals surface area contributed by atoms with Crippen LogP contribution in [0.1, 0.15) is 48.5 Å². The molecule has 0 saturated carbocycles. The lowest BCUT2D eigenvalue weighted by atomic mass is 10.1. The highest BCUT2D eigenvalue weighted by atomic mass is 32.2. The predicted molar refractivity (Wildman–Crippen MR) is 248 cm³/mol. The SMILES string of the molecule is CCc1ccc(COc2ccc(-n3c(=O)cc(C(F)(F)F)n(C)c3=O)cc2)c(OC(C)C(=O)OC)c1.COc1nc(C)nc(NC(=O)NS(=O)(=O)c2ccccc2CCC(F)(F)F)n1.O=C(O)CNCP(=O)(O)O. The molecule has 5 rings (SSSR count). The molecular weight excluding hydrogens is 1050 g/mol. The van der Waals surface area contributed by atoms with Gasteiger partial charge in [0.25, 0.3) is 15.6 Å². The second kappa shape index (κ2) is 26.5. The van der Waals surface area contributed by atoms with Crippen LogP contribution < -0.4 is 40.8 Å². The van der Waals surface area contributed by atoms with Crippen molar-refractivity contribution >= 4 is 41.5 Å². The summed E-state index contributed by atoms with van der Waals surface area (Å²) in [6.45, 7) is 4.69. The summed E-state index contributed by atoms with van der Waals surface area (Å²) in [4.78, 5) is 85.6. The number of hydrogen-bond acceptors (Lipinski definition) is 16. The lowest BCUT2D eigenvalue weighted by molar-refractivity contribution is -0.148. The number of esters is 1. The fourth-order valence-corrected chi connectivity index (χ4v) is 7.49. The van der Waals surface area contributed by atoms with Crippen LogP contribution in [0.5, 0.6) is 17.5 Å². The van der Waals surface area contributed by atoms with E-state index in [9.17, 15) is 63.3 Å². The van der Waals surface area contributed by atoms with E-state index >= 15 is 0 Å². The molecule has 2 aromatic heterocycles. The van der Waals surface area contributed by atoms with Gasteiger partial charge in [-0.25, -0.2) is 32.1 Å². The Hall–Kier alpha value is -7.40. The Balaban J connectivity index is 0.000000337. The van der Waals surface area contributed by atoms with Crippen molar-refractivity contribution in [3.8, 4) is 23.2 Å². The number of carbonyl (C=O) groups excluding carboxylic acids is 2. The molecule has 0 aliphatic carbocycles. The van der Waals surface area contributed by atoms with Crippen LogP contribution in [0.3, 0.4) is 0 Å². The molecule has 0 radical (unpaired) electrons. The molecule has 23 nitrogen and oxygen atoms in total. The monoisotopic (exact) mass is 1090 g/mol. The number of anilines is 1. The lowest BCUT2D eigenvalue weighted by Gasteiger charge is -2.17. The maximum absolute atomic E-state index is 13.1. The zero-order valence-corrected chi connectivity index (χ0v) is 41.6. The number of alkyl halides is 6. The van der Waals surface area contributed by atoms with Crippen molar-refractivity contribution in [2.75, 3.05) is 32.4 Å². The average molecular weight is 1090 g/mol. The van der Waals surface area contributed by atoms with E-state index < -0.39 is 102 Å². The van der Waals surface area contributed by atoms with Gasteiger partial charge in [-0.15, -0.1) is 0 Å². The first kappa shape index (κ1) is 60.9. The number of aryl methyl sites for hydroxylation is 3. The minimum atomic E-state index is -4.84. The van der Waals surface area contributed by atoms with E-state index in [1.165, 1.54) is 63.6 Å². The third-order valence-corrected chi connectivity index (χ3v) is 11.4. The Bertz CT molecular complexity index is 3040. The van der Waals surface area contributed by atoms with Gasteiger partial charge in [-0.1, -0.05) is 37.3 Å². The van der Waals surface area contributed by atoms with Crippen molar-refractivity contribution in [3.63, 3.8) is 0 Å². The van der Waals surface area contributed by atoms with Crippen LogP contribution in [0.25, 0.3) is 5.69 Å². The zero-order chi connectivity index (χ0) is 55.8. The Morgan fingerprint density at radius 1 is 0.905 bits per heavy atom. The number of sulfonamides is 1. The molecule has 1 atom stereocenters. The first-order chi connectivity index (χ1) is 34.4. The number of rotatable bonds is 18. The van der Waals surface area contributed by atoms with Gasteiger partial charge in [0.2, 0.25) is 5.95 Å². The van der Waals surface area contributed by atoms with E-state index in [2.05, 4.69) is 25.6 Å². The summed E-state index contributed by atoms with van der Waals surface area (Å²) in [6, 6.07) is 15.5. The number of nitrogens with one attached hydrogen (secondary N) is 3. The predicted octanol–water partition coefficient (Wildman–Crippen LogP) is 4.63. The van der Waals surface area contributed by atoms with Crippen LogP contribution in [0.2, 0.25) is 0 Å². The van der Waals surface area contributed by atoms with Crippen molar-refractivity contribution in [2.45, 2.75) is 70.0 Å². The highest BCUT2D eigenvalue weighted by molar-refractivity contribution is 7.90. The van der Waals surface area contributed by atoms with E-state index in [1.807, 2.05) is 25.1 Å². The maximum atomic E-state index is 13.1. The van der Waals surface area contributed by atoms with Crippen LogP contribution >= 0.6 is 7.60 Å². The molecule has 0 saturated heterocycles. The second-order valence-electron chi connectivity index (χ2n) is 15.0. The number of halogens is 6. The highest BCUT2D eigenvalue weighted by Gasteiger charge is 2.35. The van der Waals surface area contributed by atoms with Gasteiger partial charge < -0.3 is 33.8 Å². The zero-order valence-electron chi connectivity index (χ0n) is 39.8. The number of carboxylic acid groups (broad SMARTS) is 1. The second-order valence-corrected chi connectivity index (χ2v) is 18.3. The number of methoxy groups -OCH3 is 2. The van der Waals surface area contributed by atoms with Gasteiger partial charge in [-0.05, 0) is 74.2 Å². The molecule has 0 fully saturated rings. The van der Waals surface area contributed by atoms with E-state index in [1.54, 1.807) is 11.6 Å². The summed E-state index contributed by atoms with van der Waals surface area (Å²) in [5.74, 6) is -0.881. The summed E-state index contributed by atoms with van der Waals surface area (Å²) >= 11 is 0. The Kier molecular flexibility index (Phi) is 21.8. The van der Waals surface area contributed by atoms with Gasteiger partial charge in [0.05, 0.1) is 37.6 Å². The molecule has 74 heavy (non-hydrogen) atoms. The molecule has 3 aromatic carbocycles. The van der Waals surface area contributed by atoms with E-state index in [0.29, 0.717) is 32.3 Å². The number of urea groups is 1. The molecule has 2 amide bonds. The molecular formula is C43H49F6N8O15PS. The van der Waals surface area contributed by atoms with Crippen LogP contribution in [0, 0.1) is 6.92 Å². The number of nitrogens with zero attached hydrogens (tertiary/aromatic N) is 5. The van der Waals surface area contributed by atoms with Gasteiger partial charge in [0, 0.05) is 25.1 Å². The first-order valence-corrected chi connectivity index (χ1v) is 24.4. The normalized spacial score (nSPS) is 11.9. The minimum absolute atomic E-state index is 0.0715. The molecule has 2 heterocycles. The van der Waals surface area contributed by atoms with Gasteiger partial charge in [0.15, 0.2) is 6.10 Å². The number of amides is 2. The summed E-state index contributed by atoms with van der Waals surface area (Å²) < 4.78 is 135. The number of aliphatic carboxylic acids is 1. The standard InChI is InChI=1S/C25H25F3N2O6.C15H16F3N5O4S.C3H8NO5P/c1-5-16-6-7-17(20(12-16)36-15(2)23(32)34-4)14-35-19-10-8-18(9-11-19)30-22(31)13-21(25(26,27)28)29(3)24(30)33;1-9-19-12(22-14(20-9)27-2)21-13(24)23-28(25,26)11-6-4-3-5-10(11)7-8-15(16,17)18;5-3(6)1-4-2-10(7,8)9/h6-13,15H,5,14H2,1-4H3;3-6H,7-8H2,1-2H3,(H2,19,20,21,22,23,24);4H,1-2H2,(H,5,6)(H2,7,8,9). The fraction of sp³-hybridized carbons (Fsp3) is 0.349. The van der Waals surface area contributed by atoms with Gasteiger partial charge >= 0.3 is 49.6 Å². The average Bonchev–Trinajstić information content (AvgIpc) is 3.30. The third kappa shape index (κ3) is 19.6. The number of ether oxygens (including phenoxy) is 4. The topological polar surface area (TPSA) is 319 Å². The van der Waals surface area contributed by atoms with E-state index in [-0.39, 0.29) is 35.6 Å². The smallest absolute Gasteiger partial charge is 0.431 e. The fourth-order valence-electron chi connectivity index (χ4n) is 5.91. The largest absolute Gasteiger partial charge is 0.489 e. The number of aromatic nitrogens is 5. The van der Waals surface area contributed by atoms with Crippen LogP contribution in [0.4, 0.5) is 37.1 Å². The number of hydrogen-bond donors (Lipinski definition) is 6. The Morgan fingerprint density at radius 3 is 2.12 bits per heavy atom. The molecule has 404 valence electrons. The maximum Gasteiger partial charge on any atom is 0.431 e. The Morgan fingerprint density at radius 2 is 1.55 bits per heavy atom. The quantitative estimate of drug-likeness (QED) is 0.0396. The summed E-state index contributed by atoms with van der Waals surface area (Å²) in [7, 11) is -5.02. The third-order valence-electron chi connectivity index (χ3n) is 9.37. The molecule has 31 heteroatoms. The van der Waals surface area contributed by atoms with Crippen molar-refractivity contribution in [3.05, 3.63) is 122 Å². The van der Waals surface area contributed by atoms with Gasteiger partial charge in [-0.3, -0.25) is 29.4 Å². The number of benzene rings is 3. The van der Waals surface area contributed by atoms with Crippen LogP contribution in [-0.4, -0.2) is 105 Å². The molecule has 1 unspecified atom stereocenters.